The minimum absolute atomic E-state index is 0.00704. The molecule has 0 bridgehead atoms. The zero-order valence-corrected chi connectivity index (χ0v) is 41.8. The number of halogens is 1. The SMILES string of the molecule is C=C1CCC(n2c(=O)n(C)c3cc(N4CCCC5(CN(C(=O)Nc6cccc(CS(=C)(=O)N7CC[C@H](Nc8cccc(-c9sc(C(O)O)c(OCC(=O)O)c9Cl)c8)CC7(C)C)c6)C5)C4)ccc32)C(=O)N1. The fourth-order valence-electron chi connectivity index (χ4n) is 10.9. The van der Waals surface area contributed by atoms with Gasteiger partial charge in [0, 0.05) is 89.2 Å². The van der Waals surface area contributed by atoms with Crippen LogP contribution in [0.5, 0.6) is 5.75 Å². The summed E-state index contributed by atoms with van der Waals surface area (Å²) >= 11 is 7.61. The summed E-state index contributed by atoms with van der Waals surface area (Å²) in [5.41, 5.74) is 5.26. The lowest BCUT2D eigenvalue weighted by Gasteiger charge is -2.54. The molecule has 2 aromatic heterocycles. The fourth-order valence-corrected chi connectivity index (χ4v) is 14.6. The van der Waals surface area contributed by atoms with Crippen molar-refractivity contribution in [3.63, 3.8) is 0 Å². The normalized spacial score (nSPS) is 21.1. The molecule has 70 heavy (non-hydrogen) atoms. The van der Waals surface area contributed by atoms with Gasteiger partial charge in [-0.05, 0) is 112 Å². The molecule has 2 unspecified atom stereocenters. The molecular formula is C50H59ClN8O9S2. The Morgan fingerprint density at radius 1 is 1.01 bits per heavy atom. The van der Waals surface area contributed by atoms with E-state index in [0.717, 1.165) is 65.2 Å². The van der Waals surface area contributed by atoms with Gasteiger partial charge in [-0.3, -0.25) is 18.1 Å². The first-order valence-electron chi connectivity index (χ1n) is 23.3. The lowest BCUT2D eigenvalue weighted by atomic mass is 9.73. The Hall–Kier alpha value is -5.83. The zero-order valence-electron chi connectivity index (χ0n) is 39.4. The van der Waals surface area contributed by atoms with E-state index in [0.29, 0.717) is 67.1 Å². The van der Waals surface area contributed by atoms with Gasteiger partial charge in [0.2, 0.25) is 5.91 Å². The number of allylic oxidation sites excluding steroid dienone is 1. The third-order valence-corrected chi connectivity index (χ3v) is 18.0. The molecule has 0 aliphatic carbocycles. The maximum Gasteiger partial charge on any atom is 0.341 e. The summed E-state index contributed by atoms with van der Waals surface area (Å²) < 4.78 is 25.1. The highest BCUT2D eigenvalue weighted by Crippen LogP contribution is 2.48. The van der Waals surface area contributed by atoms with Gasteiger partial charge in [0.25, 0.3) is 0 Å². The van der Waals surface area contributed by atoms with Crippen LogP contribution in [0.15, 0.2) is 83.8 Å². The van der Waals surface area contributed by atoms with Crippen molar-refractivity contribution in [1.82, 2.24) is 23.7 Å². The second kappa shape index (κ2) is 19.1. The Morgan fingerprint density at radius 3 is 2.50 bits per heavy atom. The van der Waals surface area contributed by atoms with E-state index in [2.05, 4.69) is 47.1 Å². The highest BCUT2D eigenvalue weighted by molar-refractivity contribution is 7.97. The quantitative estimate of drug-likeness (QED) is 0.0537. The number of urea groups is 1. The van der Waals surface area contributed by atoms with Crippen molar-refractivity contribution in [2.75, 3.05) is 54.9 Å². The number of ether oxygens (including phenoxy) is 1. The minimum atomic E-state index is -2.80. The van der Waals surface area contributed by atoms with Crippen LogP contribution < -0.4 is 31.3 Å². The van der Waals surface area contributed by atoms with E-state index in [4.69, 9.17) is 21.4 Å². The first kappa shape index (κ1) is 49.2. The Bertz CT molecular complexity index is 3070. The molecule has 0 radical (unpaired) electrons. The molecule has 5 aromatic rings. The number of benzene rings is 3. The third kappa shape index (κ3) is 9.79. The fraction of sp³-hybridized carbons (Fsp3) is 0.420. The number of nitrogens with zero attached hydrogens (tertiary/aromatic N) is 5. The molecule has 6 heterocycles. The zero-order chi connectivity index (χ0) is 49.9. The van der Waals surface area contributed by atoms with E-state index in [9.17, 15) is 33.6 Å². The van der Waals surface area contributed by atoms with E-state index in [1.807, 2.05) is 75.9 Å². The first-order chi connectivity index (χ1) is 33.2. The number of amides is 3. The second-order valence-corrected chi connectivity index (χ2v) is 23.5. The number of aliphatic hydroxyl groups is 2. The Kier molecular flexibility index (Phi) is 13.4. The number of fused-ring (bicyclic) bond motifs is 1. The third-order valence-electron chi connectivity index (χ3n) is 14.1. The predicted molar refractivity (Wildman–Crippen MR) is 275 cm³/mol. The standard InChI is InChI=1S/C50H59ClN8O9S2/c1-30-13-15-38(45(62)52-30)59-37-16-14-36(23-39(37)55(4)48(59)66)56-19-8-18-50(27-56)28-57(29-50)47(65)54-33-11-6-9-31(21-33)26-70(5,67)58-20-17-35(24-49(58,2)3)53-34-12-7-10-32(22-34)43-41(51)42(68-25-40(60)61)44(69-43)46(63)64/h6-7,9-12,14,16,21-23,35,38,46,53,63-64H,1,5,8,13,15,17-20,24-29H2,2-4H3,(H,52,62)(H,54,65)(H,60,61)/t35-,38?,70?/m0/s1. The van der Waals surface area contributed by atoms with E-state index >= 15 is 0 Å². The summed E-state index contributed by atoms with van der Waals surface area (Å²) in [6.45, 7) is 10.7. The van der Waals surface area contributed by atoms with Crippen molar-refractivity contribution in [2.45, 2.75) is 82.0 Å². The monoisotopic (exact) mass is 1010 g/mol. The lowest BCUT2D eigenvalue weighted by Crippen LogP contribution is -2.65. The van der Waals surface area contributed by atoms with E-state index in [1.54, 1.807) is 16.2 Å². The van der Waals surface area contributed by atoms with Gasteiger partial charge in [-0.2, -0.15) is 0 Å². The van der Waals surface area contributed by atoms with E-state index < -0.39 is 40.2 Å². The molecule has 4 aliphatic heterocycles. The predicted octanol–water partition coefficient (Wildman–Crippen LogP) is 6.75. The van der Waals surface area contributed by atoms with Crippen LogP contribution >= 0.6 is 22.9 Å². The number of aromatic nitrogens is 2. The number of carboxylic acids is 1. The summed E-state index contributed by atoms with van der Waals surface area (Å²) in [6, 6.07) is 20.2. The van der Waals surface area contributed by atoms with Gasteiger partial charge in [-0.15, -0.1) is 11.3 Å². The number of rotatable bonds is 13. The number of hydrogen-bond donors (Lipinski definition) is 6. The van der Waals surface area contributed by atoms with E-state index in [1.165, 1.54) is 0 Å². The van der Waals surface area contributed by atoms with Crippen LogP contribution in [0, 0.1) is 5.41 Å². The van der Waals surface area contributed by atoms with Gasteiger partial charge in [0.15, 0.2) is 18.6 Å². The van der Waals surface area contributed by atoms with Crippen LogP contribution in [0.2, 0.25) is 5.02 Å². The molecule has 1 spiro atoms. The number of likely N-dealkylation sites (tertiary alicyclic amines) is 1. The summed E-state index contributed by atoms with van der Waals surface area (Å²) in [7, 11) is -1.06. The molecule has 4 aliphatic rings. The Morgan fingerprint density at radius 2 is 1.77 bits per heavy atom. The number of thiophene rings is 1. The number of aliphatic hydroxyl groups excluding tert-OH is 1. The summed E-state index contributed by atoms with van der Waals surface area (Å²) in [5.74, 6) is 2.94. The maximum atomic E-state index is 14.5. The molecule has 3 amide bonds. The number of aliphatic carboxylic acids is 1. The van der Waals surface area contributed by atoms with Gasteiger partial charge in [0.05, 0.1) is 21.7 Å². The molecule has 4 fully saturated rings. The van der Waals surface area contributed by atoms with Gasteiger partial charge in [-0.1, -0.05) is 42.4 Å². The minimum Gasteiger partial charge on any atom is -0.479 e. The Balaban J connectivity index is 0.793. The molecule has 3 aromatic carbocycles. The Labute approximate surface area is 415 Å². The molecule has 6 N–H and O–H groups in total. The van der Waals surface area contributed by atoms with Crippen molar-refractivity contribution in [3.8, 4) is 16.2 Å². The largest absolute Gasteiger partial charge is 0.479 e. The summed E-state index contributed by atoms with van der Waals surface area (Å²) in [5, 5.41) is 38.6. The smallest absolute Gasteiger partial charge is 0.341 e. The number of nitrogens with one attached hydrogen (secondary N) is 3. The number of carboxylic acid groups (broad SMARTS) is 1. The molecular weight excluding hydrogens is 956 g/mol. The number of carbonyl (C=O) groups is 3. The molecule has 372 valence electrons. The average Bonchev–Trinajstić information content (AvgIpc) is 3.75. The highest BCUT2D eigenvalue weighted by Gasteiger charge is 2.48. The first-order valence-corrected chi connectivity index (χ1v) is 26.4. The molecule has 4 saturated heterocycles. The molecule has 20 heteroatoms. The summed E-state index contributed by atoms with van der Waals surface area (Å²) in [4.78, 5) is 55.7. The number of aryl methyl sites for hydroxylation is 1. The maximum absolute atomic E-state index is 14.5. The van der Waals surface area contributed by atoms with Crippen LogP contribution in [0.3, 0.4) is 0 Å². The lowest BCUT2D eigenvalue weighted by molar-refractivity contribution is -0.139. The van der Waals surface area contributed by atoms with Gasteiger partial charge < -0.3 is 45.8 Å². The second-order valence-electron chi connectivity index (χ2n) is 19.8. The van der Waals surface area contributed by atoms with Crippen molar-refractivity contribution >= 4 is 84.5 Å². The number of imidazole rings is 1. The number of anilines is 3. The molecule has 17 nitrogen and oxygen atoms in total. The number of carbonyl (C=O) groups excluding carboxylic acids is 2. The van der Waals surface area contributed by atoms with Crippen molar-refractivity contribution in [3.05, 3.63) is 105 Å². The average molecular weight is 1020 g/mol. The van der Waals surface area contributed by atoms with Crippen LogP contribution in [0.4, 0.5) is 21.9 Å². The topological polar surface area (TPSA) is 211 Å². The van der Waals surface area contributed by atoms with Crippen LogP contribution in [-0.2, 0) is 32.1 Å². The number of hydrogen-bond acceptors (Lipinski definition) is 11. The van der Waals surface area contributed by atoms with Crippen molar-refractivity contribution in [2.24, 2.45) is 12.5 Å². The van der Waals surface area contributed by atoms with Crippen molar-refractivity contribution in [1.29, 1.82) is 0 Å². The molecule has 3 atom stereocenters. The van der Waals surface area contributed by atoms with Crippen LogP contribution in [0.1, 0.15) is 75.1 Å². The van der Waals surface area contributed by atoms with Gasteiger partial charge in [0.1, 0.15) is 15.9 Å². The van der Waals surface area contributed by atoms with E-state index in [-0.39, 0.29) is 50.5 Å². The molecule has 9 rings (SSSR count). The molecule has 0 saturated carbocycles. The highest BCUT2D eigenvalue weighted by atomic mass is 35.5. The summed E-state index contributed by atoms with van der Waals surface area (Å²) in [6.07, 6.45) is 2.54. The number of piperidine rings is 3. The van der Waals surface area contributed by atoms with Crippen LogP contribution in [-0.4, -0.2) is 113 Å². The van der Waals surface area contributed by atoms with Crippen molar-refractivity contribution < 1.29 is 38.6 Å². The van der Waals surface area contributed by atoms with Gasteiger partial charge >= 0.3 is 17.7 Å². The van der Waals surface area contributed by atoms with Gasteiger partial charge in [-0.25, -0.2) is 18.7 Å². The van der Waals surface area contributed by atoms with Crippen LogP contribution in [0.25, 0.3) is 21.5 Å².